The summed E-state index contributed by atoms with van der Waals surface area (Å²) in [4.78, 5) is 12.4. The molecule has 0 aliphatic heterocycles. The molecule has 1 atom stereocenters. The number of halogens is 3. The molecule has 11 heteroatoms. The number of benzene rings is 1. The van der Waals surface area contributed by atoms with Crippen molar-refractivity contribution in [1.82, 2.24) is 9.55 Å². The summed E-state index contributed by atoms with van der Waals surface area (Å²) >= 11 is 20.0. The van der Waals surface area contributed by atoms with Crippen LogP contribution in [0.3, 0.4) is 0 Å². The standard InChI is InChI=1S/C16H13Cl3N2OS.HNO3/c17-12-1-2-13(14(18)7-12)15(8-21-5-4-20-10-21)22-9-11-3-6-23-16(11)19;2-1(3)4/h1-7,10,15H,8-9H2;(H,2,3,4)/t15-;/m1./s1. The Labute approximate surface area is 173 Å². The van der Waals surface area contributed by atoms with Crippen LogP contribution >= 0.6 is 46.1 Å². The zero-order chi connectivity index (χ0) is 19.8. The molecule has 1 aromatic carbocycles. The van der Waals surface area contributed by atoms with Crippen LogP contribution in [0.25, 0.3) is 0 Å². The summed E-state index contributed by atoms with van der Waals surface area (Å²) in [7, 11) is 0. The van der Waals surface area contributed by atoms with Gasteiger partial charge in [0.2, 0.25) is 0 Å². The molecule has 27 heavy (non-hydrogen) atoms. The number of aromatic nitrogens is 2. The minimum Gasteiger partial charge on any atom is -0.367 e. The first-order valence-electron chi connectivity index (χ1n) is 7.44. The van der Waals surface area contributed by atoms with Gasteiger partial charge in [0.25, 0.3) is 5.09 Å². The molecule has 0 saturated heterocycles. The van der Waals surface area contributed by atoms with Crippen molar-refractivity contribution in [2.45, 2.75) is 19.3 Å². The average molecular weight is 451 g/mol. The lowest BCUT2D eigenvalue weighted by molar-refractivity contribution is -0.742. The lowest BCUT2D eigenvalue weighted by Crippen LogP contribution is -2.12. The minimum absolute atomic E-state index is 0.232. The Hall–Kier alpha value is -1.84. The molecule has 0 saturated carbocycles. The Bertz CT molecular complexity index is 870. The quantitative estimate of drug-likeness (QED) is 0.395. The molecule has 0 aliphatic carbocycles. The van der Waals surface area contributed by atoms with Gasteiger partial charge in [-0.15, -0.1) is 21.5 Å². The summed E-state index contributed by atoms with van der Waals surface area (Å²) < 4.78 is 8.79. The molecule has 2 heterocycles. The Kier molecular flexibility index (Phi) is 8.33. The summed E-state index contributed by atoms with van der Waals surface area (Å²) in [5.41, 5.74) is 1.86. The molecule has 0 amide bonds. The normalized spacial score (nSPS) is 11.5. The van der Waals surface area contributed by atoms with E-state index in [1.54, 1.807) is 18.6 Å². The second kappa shape index (κ2) is 10.5. The summed E-state index contributed by atoms with van der Waals surface area (Å²) in [6.07, 6.45) is 5.14. The smallest absolute Gasteiger partial charge is 0.291 e. The van der Waals surface area contributed by atoms with E-state index in [9.17, 15) is 0 Å². The lowest BCUT2D eigenvalue weighted by atomic mass is 10.1. The van der Waals surface area contributed by atoms with Crippen molar-refractivity contribution in [3.05, 3.63) is 84.0 Å². The second-order valence-corrected chi connectivity index (χ2v) is 7.54. The van der Waals surface area contributed by atoms with Gasteiger partial charge in [0.05, 0.1) is 23.8 Å². The predicted molar refractivity (Wildman–Crippen MR) is 104 cm³/mol. The number of rotatable bonds is 6. The van der Waals surface area contributed by atoms with Crippen molar-refractivity contribution < 1.29 is 15.0 Å². The average Bonchev–Trinajstić information content (AvgIpc) is 3.23. The summed E-state index contributed by atoms with van der Waals surface area (Å²) in [5, 5.41) is 16.8. The van der Waals surface area contributed by atoms with Crippen LogP contribution in [0.15, 0.2) is 48.4 Å². The Morgan fingerprint density at radius 2 is 2.07 bits per heavy atom. The Balaban J connectivity index is 0.000000596. The molecule has 3 rings (SSSR count). The van der Waals surface area contributed by atoms with E-state index in [2.05, 4.69) is 4.98 Å². The van der Waals surface area contributed by atoms with Gasteiger partial charge in [-0.25, -0.2) is 4.98 Å². The third kappa shape index (κ3) is 7.00. The van der Waals surface area contributed by atoms with E-state index in [-0.39, 0.29) is 6.10 Å². The molecule has 0 bridgehead atoms. The maximum absolute atomic E-state index is 8.36. The number of ether oxygens (including phenoxy) is 1. The van der Waals surface area contributed by atoms with Crippen molar-refractivity contribution in [1.29, 1.82) is 0 Å². The highest BCUT2D eigenvalue weighted by atomic mass is 35.5. The van der Waals surface area contributed by atoms with Gasteiger partial charge in [0.15, 0.2) is 0 Å². The Morgan fingerprint density at radius 1 is 1.33 bits per heavy atom. The maximum Gasteiger partial charge on any atom is 0.291 e. The first kappa shape index (κ1) is 21.5. The first-order chi connectivity index (χ1) is 12.9. The van der Waals surface area contributed by atoms with Gasteiger partial charge in [-0.05, 0) is 23.6 Å². The summed E-state index contributed by atoms with van der Waals surface area (Å²) in [6.45, 7) is 1.02. The number of thiophene rings is 1. The molecule has 0 aliphatic rings. The number of hydrogen-bond acceptors (Lipinski definition) is 5. The fourth-order valence-corrected chi connectivity index (χ4v) is 3.63. The van der Waals surface area contributed by atoms with E-state index in [4.69, 9.17) is 54.9 Å². The molecule has 1 N–H and O–H groups in total. The van der Waals surface area contributed by atoms with Gasteiger partial charge < -0.3 is 14.5 Å². The highest BCUT2D eigenvalue weighted by molar-refractivity contribution is 7.14. The van der Waals surface area contributed by atoms with Gasteiger partial charge in [-0.1, -0.05) is 40.9 Å². The number of nitrogens with zero attached hydrogens (tertiary/aromatic N) is 3. The molecule has 0 radical (unpaired) electrons. The van der Waals surface area contributed by atoms with Crippen LogP contribution < -0.4 is 0 Å². The van der Waals surface area contributed by atoms with E-state index in [1.165, 1.54) is 11.3 Å². The third-order valence-electron chi connectivity index (χ3n) is 3.38. The van der Waals surface area contributed by atoms with Crippen LogP contribution in [0.4, 0.5) is 0 Å². The van der Waals surface area contributed by atoms with Gasteiger partial charge in [-0.3, -0.25) is 0 Å². The second-order valence-electron chi connectivity index (χ2n) is 5.18. The molecule has 7 nitrogen and oxygen atoms in total. The van der Waals surface area contributed by atoms with Gasteiger partial charge in [0.1, 0.15) is 6.10 Å². The van der Waals surface area contributed by atoms with Crippen molar-refractivity contribution >= 4 is 46.1 Å². The molecule has 2 aromatic heterocycles. The van der Waals surface area contributed by atoms with Crippen LogP contribution in [0.5, 0.6) is 0 Å². The van der Waals surface area contributed by atoms with Gasteiger partial charge >= 0.3 is 0 Å². The van der Waals surface area contributed by atoms with Crippen molar-refractivity contribution in [3.63, 3.8) is 0 Å². The zero-order valence-electron chi connectivity index (χ0n) is 13.7. The molecular weight excluding hydrogens is 437 g/mol. The van der Waals surface area contributed by atoms with Crippen molar-refractivity contribution in [2.75, 3.05) is 0 Å². The molecular formula is C16H14Cl3N3O4S. The van der Waals surface area contributed by atoms with E-state index < -0.39 is 5.09 Å². The topological polar surface area (TPSA) is 90.4 Å². The summed E-state index contributed by atoms with van der Waals surface area (Å²) in [6, 6.07) is 7.39. The molecule has 144 valence electrons. The van der Waals surface area contributed by atoms with Gasteiger partial charge in [0, 0.05) is 33.6 Å². The Morgan fingerprint density at radius 3 is 2.63 bits per heavy atom. The zero-order valence-corrected chi connectivity index (χ0v) is 16.8. The van der Waals surface area contributed by atoms with Crippen LogP contribution in [0.2, 0.25) is 14.4 Å². The first-order valence-corrected chi connectivity index (χ1v) is 9.45. The maximum atomic E-state index is 8.36. The van der Waals surface area contributed by atoms with Crippen LogP contribution in [-0.2, 0) is 17.9 Å². The number of imidazole rings is 1. The number of hydrogen-bond donors (Lipinski definition) is 1. The largest absolute Gasteiger partial charge is 0.367 e. The van der Waals surface area contributed by atoms with E-state index >= 15 is 0 Å². The lowest BCUT2D eigenvalue weighted by Gasteiger charge is -2.20. The SMILES string of the molecule is Clc1ccc([C@@H](Cn2ccnc2)OCc2ccsc2Cl)c(Cl)c1.O=[N+]([O-])O. The van der Waals surface area contributed by atoms with Crippen LogP contribution in [-0.4, -0.2) is 19.8 Å². The predicted octanol–water partition coefficient (Wildman–Crippen LogP) is 5.52. The van der Waals surface area contributed by atoms with E-state index in [1.807, 2.05) is 34.3 Å². The van der Waals surface area contributed by atoms with Gasteiger partial charge in [-0.2, -0.15) is 0 Å². The van der Waals surface area contributed by atoms with E-state index in [0.29, 0.717) is 23.2 Å². The highest BCUT2D eigenvalue weighted by Gasteiger charge is 2.17. The molecule has 0 fully saturated rings. The monoisotopic (exact) mass is 449 g/mol. The molecule has 0 spiro atoms. The molecule has 0 unspecified atom stereocenters. The fraction of sp³-hybridized carbons (Fsp3) is 0.188. The van der Waals surface area contributed by atoms with Crippen LogP contribution in [0.1, 0.15) is 17.2 Å². The van der Waals surface area contributed by atoms with Crippen molar-refractivity contribution in [3.8, 4) is 0 Å². The molecule has 3 aromatic rings. The minimum atomic E-state index is -1.50. The van der Waals surface area contributed by atoms with Crippen LogP contribution in [0, 0.1) is 10.1 Å². The van der Waals surface area contributed by atoms with Crippen molar-refractivity contribution in [2.24, 2.45) is 0 Å². The fourth-order valence-electron chi connectivity index (χ4n) is 2.20. The highest BCUT2D eigenvalue weighted by Crippen LogP contribution is 2.32. The summed E-state index contributed by atoms with van der Waals surface area (Å²) in [5.74, 6) is 0. The third-order valence-corrected chi connectivity index (χ3v) is 5.19. The van der Waals surface area contributed by atoms with E-state index in [0.717, 1.165) is 15.5 Å².